The molecule has 1 aromatic rings. The summed E-state index contributed by atoms with van der Waals surface area (Å²) in [4.78, 5) is 21.8. The van der Waals surface area contributed by atoms with Crippen molar-refractivity contribution in [1.29, 1.82) is 0 Å². The zero-order chi connectivity index (χ0) is 12.7. The first-order valence-electron chi connectivity index (χ1n) is 4.63. The number of methoxy groups -OCH3 is 1. The molecule has 0 unspecified atom stereocenters. The lowest BCUT2D eigenvalue weighted by molar-refractivity contribution is -0.123. The second-order valence-electron chi connectivity index (χ2n) is 2.91. The molecule has 1 rings (SSSR count). The lowest BCUT2D eigenvalue weighted by Gasteiger charge is -2.07. The molecule has 0 fully saturated rings. The molecule has 0 aliphatic rings. The van der Waals surface area contributed by atoms with E-state index in [1.54, 1.807) is 24.3 Å². The average molecular weight is 303 g/mol. The molecule has 0 bridgehead atoms. The summed E-state index contributed by atoms with van der Waals surface area (Å²) in [6.45, 7) is -0.203. The van der Waals surface area contributed by atoms with Crippen molar-refractivity contribution >= 4 is 27.9 Å². The molecule has 0 atom stereocenters. The highest BCUT2D eigenvalue weighted by Gasteiger charge is 2.04. The molecule has 0 radical (unpaired) electrons. The number of hydrogen-bond donors (Lipinski definition) is 2. The summed E-state index contributed by atoms with van der Waals surface area (Å²) in [5.74, 6) is 0.0692. The summed E-state index contributed by atoms with van der Waals surface area (Å²) >= 11 is 3.28. The van der Waals surface area contributed by atoms with Gasteiger partial charge >= 0.3 is 6.09 Å². The minimum atomic E-state index is -0.748. The van der Waals surface area contributed by atoms with Crippen LogP contribution in [-0.2, 0) is 9.53 Å². The first-order valence-corrected chi connectivity index (χ1v) is 5.42. The van der Waals surface area contributed by atoms with Crippen LogP contribution in [0.3, 0.4) is 0 Å². The van der Waals surface area contributed by atoms with Gasteiger partial charge in [-0.3, -0.25) is 10.2 Å². The molecule has 0 spiro atoms. The Morgan fingerprint density at radius 2 is 1.88 bits per heavy atom. The fourth-order valence-corrected chi connectivity index (χ4v) is 1.15. The Kier molecular flexibility index (Phi) is 5.28. The normalized spacial score (nSPS) is 9.29. The van der Waals surface area contributed by atoms with E-state index in [4.69, 9.17) is 4.74 Å². The zero-order valence-electron chi connectivity index (χ0n) is 9.03. The molecular formula is C10H11BrN2O4. The van der Waals surface area contributed by atoms with Crippen LogP contribution in [0.25, 0.3) is 0 Å². The maximum atomic E-state index is 11.2. The summed E-state index contributed by atoms with van der Waals surface area (Å²) < 4.78 is 10.3. The van der Waals surface area contributed by atoms with E-state index in [9.17, 15) is 9.59 Å². The predicted molar refractivity (Wildman–Crippen MR) is 63.3 cm³/mol. The minimum absolute atomic E-state index is 0.203. The van der Waals surface area contributed by atoms with E-state index in [2.05, 4.69) is 26.1 Å². The van der Waals surface area contributed by atoms with Crippen LogP contribution in [0, 0.1) is 0 Å². The van der Waals surface area contributed by atoms with E-state index < -0.39 is 12.0 Å². The van der Waals surface area contributed by atoms with E-state index in [0.717, 1.165) is 4.47 Å². The van der Waals surface area contributed by atoms with Gasteiger partial charge < -0.3 is 9.47 Å². The Morgan fingerprint density at radius 3 is 2.47 bits per heavy atom. The third-order valence-electron chi connectivity index (χ3n) is 1.67. The largest absolute Gasteiger partial charge is 0.484 e. The first-order chi connectivity index (χ1) is 8.11. The number of ether oxygens (including phenoxy) is 2. The van der Waals surface area contributed by atoms with Gasteiger partial charge in [-0.25, -0.2) is 10.2 Å². The van der Waals surface area contributed by atoms with Crippen molar-refractivity contribution in [1.82, 2.24) is 10.9 Å². The van der Waals surface area contributed by atoms with Gasteiger partial charge in [0.25, 0.3) is 5.91 Å². The number of nitrogens with one attached hydrogen (secondary N) is 2. The monoisotopic (exact) mass is 302 g/mol. The van der Waals surface area contributed by atoms with E-state index in [0.29, 0.717) is 5.75 Å². The van der Waals surface area contributed by atoms with Crippen LogP contribution in [-0.4, -0.2) is 25.7 Å². The van der Waals surface area contributed by atoms with Crippen LogP contribution in [0.5, 0.6) is 5.75 Å². The van der Waals surface area contributed by atoms with Crippen molar-refractivity contribution in [2.45, 2.75) is 0 Å². The number of hydrogen-bond acceptors (Lipinski definition) is 4. The van der Waals surface area contributed by atoms with Gasteiger partial charge in [-0.15, -0.1) is 0 Å². The van der Waals surface area contributed by atoms with Crippen LogP contribution >= 0.6 is 15.9 Å². The van der Waals surface area contributed by atoms with Gasteiger partial charge in [-0.2, -0.15) is 0 Å². The van der Waals surface area contributed by atoms with Crippen LogP contribution in [0.2, 0.25) is 0 Å². The Morgan fingerprint density at radius 1 is 1.24 bits per heavy atom. The highest BCUT2D eigenvalue weighted by atomic mass is 79.9. The number of amides is 2. The highest BCUT2D eigenvalue weighted by Crippen LogP contribution is 2.15. The van der Waals surface area contributed by atoms with Crippen molar-refractivity contribution in [3.63, 3.8) is 0 Å². The zero-order valence-corrected chi connectivity index (χ0v) is 10.6. The second-order valence-corrected chi connectivity index (χ2v) is 3.82. The topological polar surface area (TPSA) is 76.7 Å². The minimum Gasteiger partial charge on any atom is -0.484 e. The quantitative estimate of drug-likeness (QED) is 0.823. The van der Waals surface area contributed by atoms with E-state index in [1.807, 2.05) is 5.43 Å². The molecule has 7 heteroatoms. The Labute approximate surface area is 106 Å². The maximum absolute atomic E-state index is 11.2. The molecule has 0 saturated heterocycles. The van der Waals surface area contributed by atoms with Crippen molar-refractivity contribution in [2.75, 3.05) is 13.7 Å². The molecule has 6 nitrogen and oxygen atoms in total. The third-order valence-corrected chi connectivity index (χ3v) is 2.20. The van der Waals surface area contributed by atoms with Crippen LogP contribution in [0.15, 0.2) is 28.7 Å². The highest BCUT2D eigenvalue weighted by molar-refractivity contribution is 9.10. The molecule has 2 amide bonds. The lowest BCUT2D eigenvalue weighted by Crippen LogP contribution is -2.43. The maximum Gasteiger partial charge on any atom is 0.425 e. The standard InChI is InChI=1S/C10H11BrN2O4/c1-16-10(15)13-12-9(14)6-17-8-4-2-7(11)3-5-8/h2-5H,6H2,1H3,(H,12,14)(H,13,15). The Balaban J connectivity index is 2.28. The van der Waals surface area contributed by atoms with Crippen LogP contribution in [0.4, 0.5) is 4.79 Å². The number of benzene rings is 1. The molecule has 0 saturated carbocycles. The molecule has 92 valence electrons. The molecule has 0 aliphatic carbocycles. The van der Waals surface area contributed by atoms with Crippen molar-refractivity contribution in [2.24, 2.45) is 0 Å². The number of carbonyl (C=O) groups is 2. The van der Waals surface area contributed by atoms with Gasteiger partial charge in [0.1, 0.15) is 5.75 Å². The van der Waals surface area contributed by atoms with Gasteiger partial charge in [-0.05, 0) is 24.3 Å². The van der Waals surface area contributed by atoms with Gasteiger partial charge in [0.05, 0.1) is 7.11 Å². The first kappa shape index (κ1) is 13.3. The number of rotatable bonds is 3. The van der Waals surface area contributed by atoms with Gasteiger partial charge in [0, 0.05) is 4.47 Å². The second kappa shape index (κ2) is 6.74. The third kappa shape index (κ3) is 5.21. The van der Waals surface area contributed by atoms with Gasteiger partial charge in [0.2, 0.25) is 0 Å². The molecule has 17 heavy (non-hydrogen) atoms. The molecule has 2 N–H and O–H groups in total. The molecular weight excluding hydrogens is 292 g/mol. The van der Waals surface area contributed by atoms with Crippen LogP contribution in [0.1, 0.15) is 0 Å². The smallest absolute Gasteiger partial charge is 0.425 e. The summed E-state index contributed by atoms with van der Waals surface area (Å²) in [7, 11) is 1.19. The number of hydrazine groups is 1. The number of halogens is 1. The summed E-state index contributed by atoms with van der Waals surface area (Å²) in [6, 6.07) is 7.01. The molecule has 0 aliphatic heterocycles. The fourth-order valence-electron chi connectivity index (χ4n) is 0.888. The summed E-state index contributed by atoms with van der Waals surface area (Å²) in [5, 5.41) is 0. The van der Waals surface area contributed by atoms with E-state index in [1.165, 1.54) is 7.11 Å². The number of carbonyl (C=O) groups excluding carboxylic acids is 2. The van der Waals surface area contributed by atoms with E-state index in [-0.39, 0.29) is 6.61 Å². The predicted octanol–water partition coefficient (Wildman–Crippen LogP) is 1.22. The molecule has 0 aromatic heterocycles. The van der Waals surface area contributed by atoms with Crippen LogP contribution < -0.4 is 15.6 Å². The van der Waals surface area contributed by atoms with Crippen molar-refractivity contribution < 1.29 is 19.1 Å². The average Bonchev–Trinajstić information content (AvgIpc) is 2.35. The van der Waals surface area contributed by atoms with E-state index >= 15 is 0 Å². The van der Waals surface area contributed by atoms with Gasteiger partial charge in [0.15, 0.2) is 6.61 Å². The van der Waals surface area contributed by atoms with Crippen molar-refractivity contribution in [3.8, 4) is 5.75 Å². The lowest BCUT2D eigenvalue weighted by atomic mass is 10.3. The SMILES string of the molecule is COC(=O)NNC(=O)COc1ccc(Br)cc1. The summed E-state index contributed by atoms with van der Waals surface area (Å²) in [5.41, 5.74) is 4.15. The van der Waals surface area contributed by atoms with Crippen molar-refractivity contribution in [3.05, 3.63) is 28.7 Å². The molecule has 0 heterocycles. The Hall–Kier alpha value is -1.76. The fraction of sp³-hybridized carbons (Fsp3) is 0.200. The van der Waals surface area contributed by atoms with Gasteiger partial charge in [-0.1, -0.05) is 15.9 Å². The Bertz CT molecular complexity index is 394. The molecule has 1 aromatic carbocycles. The summed E-state index contributed by atoms with van der Waals surface area (Å²) in [6.07, 6.45) is -0.748.